The molecule has 0 aromatic heterocycles. The zero-order valence-electron chi connectivity index (χ0n) is 9.57. The fourth-order valence-electron chi connectivity index (χ4n) is 1.28. The first-order chi connectivity index (χ1) is 7.38. The monoisotopic (exact) mass is 205 g/mol. The summed E-state index contributed by atoms with van der Waals surface area (Å²) in [7, 11) is 0. The summed E-state index contributed by atoms with van der Waals surface area (Å²) in [5.74, 6) is 0. The summed E-state index contributed by atoms with van der Waals surface area (Å²) in [6, 6.07) is 10.2. The predicted molar refractivity (Wildman–Crippen MR) is 64.1 cm³/mol. The van der Waals surface area contributed by atoms with E-state index in [0.29, 0.717) is 6.61 Å². The third-order valence-electron chi connectivity index (χ3n) is 2.21. The summed E-state index contributed by atoms with van der Waals surface area (Å²) in [6.45, 7) is 4.95. The molecule has 1 rings (SSSR count). The lowest BCUT2D eigenvalue weighted by atomic mass is 10.1. The van der Waals surface area contributed by atoms with Gasteiger partial charge in [-0.15, -0.1) is 0 Å². The lowest BCUT2D eigenvalue weighted by Gasteiger charge is -2.03. The van der Waals surface area contributed by atoms with Gasteiger partial charge in [0, 0.05) is 0 Å². The van der Waals surface area contributed by atoms with Gasteiger partial charge in [-0.1, -0.05) is 55.8 Å². The van der Waals surface area contributed by atoms with Crippen LogP contribution in [0.1, 0.15) is 38.7 Å². The number of benzene rings is 1. The molecule has 0 bridgehead atoms. The molecule has 0 N–H and O–H groups in total. The number of hydrogen-bond acceptors (Lipinski definition) is 2. The Balaban J connectivity index is 2.55. The van der Waals surface area contributed by atoms with Crippen LogP contribution in [0.3, 0.4) is 0 Å². The number of oxime groups is 1. The van der Waals surface area contributed by atoms with Crippen molar-refractivity contribution in [1.82, 2.24) is 0 Å². The van der Waals surface area contributed by atoms with Gasteiger partial charge in [-0.2, -0.15) is 0 Å². The van der Waals surface area contributed by atoms with Gasteiger partial charge in [-0.3, -0.25) is 0 Å². The third-order valence-corrected chi connectivity index (χ3v) is 2.21. The number of rotatable bonds is 6. The second-order valence-corrected chi connectivity index (χ2v) is 3.44. The van der Waals surface area contributed by atoms with E-state index in [4.69, 9.17) is 4.84 Å². The van der Waals surface area contributed by atoms with Crippen molar-refractivity contribution in [2.45, 2.75) is 33.1 Å². The van der Waals surface area contributed by atoms with Gasteiger partial charge in [-0.25, -0.2) is 0 Å². The van der Waals surface area contributed by atoms with Gasteiger partial charge in [0.2, 0.25) is 0 Å². The highest BCUT2D eigenvalue weighted by atomic mass is 16.6. The average Bonchev–Trinajstić information content (AvgIpc) is 2.30. The van der Waals surface area contributed by atoms with Crippen molar-refractivity contribution < 1.29 is 4.84 Å². The molecular weight excluding hydrogens is 186 g/mol. The molecule has 1 aromatic carbocycles. The van der Waals surface area contributed by atoms with Gasteiger partial charge >= 0.3 is 0 Å². The van der Waals surface area contributed by atoms with E-state index in [1.807, 2.05) is 18.2 Å². The Labute approximate surface area is 91.9 Å². The molecule has 0 aliphatic carbocycles. The number of unbranched alkanes of at least 4 members (excludes halogenated alkanes) is 1. The molecule has 0 heterocycles. The van der Waals surface area contributed by atoms with Crippen LogP contribution in [-0.2, 0) is 4.84 Å². The highest BCUT2D eigenvalue weighted by Crippen LogP contribution is 2.04. The summed E-state index contributed by atoms with van der Waals surface area (Å²) in [6.07, 6.45) is 3.10. The van der Waals surface area contributed by atoms with E-state index >= 15 is 0 Å². The van der Waals surface area contributed by atoms with Crippen molar-refractivity contribution in [2.75, 3.05) is 6.61 Å². The first-order valence-electron chi connectivity index (χ1n) is 5.62. The van der Waals surface area contributed by atoms with E-state index in [2.05, 4.69) is 31.1 Å². The molecule has 0 atom stereocenters. The second kappa shape index (κ2) is 7.04. The van der Waals surface area contributed by atoms with Crippen molar-refractivity contribution in [3.8, 4) is 0 Å². The molecule has 2 nitrogen and oxygen atoms in total. The molecule has 0 unspecified atom stereocenters. The van der Waals surface area contributed by atoms with E-state index in [1.54, 1.807) is 0 Å². The van der Waals surface area contributed by atoms with E-state index in [0.717, 1.165) is 30.5 Å². The fraction of sp³-hybridized carbons (Fsp3) is 0.462. The first kappa shape index (κ1) is 11.8. The standard InChI is InChI=1S/C13H19NO/c1-3-5-11-15-14-13(4-2)12-9-7-6-8-10-12/h6-10H,3-5,11H2,1-2H3/b14-13+. The van der Waals surface area contributed by atoms with Crippen molar-refractivity contribution in [3.05, 3.63) is 35.9 Å². The molecule has 82 valence electrons. The molecule has 0 fully saturated rings. The van der Waals surface area contributed by atoms with Crippen LogP contribution in [-0.4, -0.2) is 12.3 Å². The Morgan fingerprint density at radius 3 is 2.53 bits per heavy atom. The smallest absolute Gasteiger partial charge is 0.117 e. The summed E-state index contributed by atoms with van der Waals surface area (Å²) >= 11 is 0. The van der Waals surface area contributed by atoms with Gasteiger partial charge in [-0.05, 0) is 18.4 Å². The maximum Gasteiger partial charge on any atom is 0.117 e. The molecule has 15 heavy (non-hydrogen) atoms. The van der Waals surface area contributed by atoms with Crippen molar-refractivity contribution in [3.63, 3.8) is 0 Å². The van der Waals surface area contributed by atoms with Gasteiger partial charge in [0.05, 0.1) is 5.71 Å². The molecule has 0 spiro atoms. The largest absolute Gasteiger partial charge is 0.396 e. The summed E-state index contributed by atoms with van der Waals surface area (Å²) < 4.78 is 0. The zero-order valence-corrected chi connectivity index (χ0v) is 9.57. The third kappa shape index (κ3) is 4.15. The highest BCUT2D eigenvalue weighted by Gasteiger charge is 1.99. The maximum atomic E-state index is 5.27. The Hall–Kier alpha value is -1.31. The molecule has 2 heteroatoms. The SMILES string of the molecule is CCCCO/N=C(\CC)c1ccccc1. The van der Waals surface area contributed by atoms with Crippen molar-refractivity contribution in [2.24, 2.45) is 5.16 Å². The van der Waals surface area contributed by atoms with Crippen molar-refractivity contribution in [1.29, 1.82) is 0 Å². The van der Waals surface area contributed by atoms with Crippen LogP contribution in [0.25, 0.3) is 0 Å². The Morgan fingerprint density at radius 1 is 1.20 bits per heavy atom. The van der Waals surface area contributed by atoms with Crippen LogP contribution >= 0.6 is 0 Å². The molecule has 0 aliphatic rings. The molecule has 0 saturated heterocycles. The first-order valence-corrected chi connectivity index (χ1v) is 5.62. The summed E-state index contributed by atoms with van der Waals surface area (Å²) in [5, 5.41) is 4.17. The Bertz CT molecular complexity index is 293. The van der Waals surface area contributed by atoms with Gasteiger partial charge in [0.1, 0.15) is 6.61 Å². The second-order valence-electron chi connectivity index (χ2n) is 3.44. The Morgan fingerprint density at radius 2 is 1.93 bits per heavy atom. The lowest BCUT2D eigenvalue weighted by Crippen LogP contribution is -2.00. The molecule has 0 saturated carbocycles. The van der Waals surface area contributed by atoms with E-state index in [1.165, 1.54) is 0 Å². The minimum Gasteiger partial charge on any atom is -0.396 e. The lowest BCUT2D eigenvalue weighted by molar-refractivity contribution is 0.141. The summed E-state index contributed by atoms with van der Waals surface area (Å²) in [4.78, 5) is 5.27. The minimum absolute atomic E-state index is 0.715. The van der Waals surface area contributed by atoms with E-state index in [-0.39, 0.29) is 0 Å². The maximum absolute atomic E-state index is 5.27. The number of hydrogen-bond donors (Lipinski definition) is 0. The predicted octanol–water partition coefficient (Wildman–Crippen LogP) is 3.62. The van der Waals surface area contributed by atoms with Crippen LogP contribution < -0.4 is 0 Å². The topological polar surface area (TPSA) is 21.6 Å². The zero-order chi connectivity index (χ0) is 10.9. The van der Waals surface area contributed by atoms with Crippen molar-refractivity contribution >= 4 is 5.71 Å². The van der Waals surface area contributed by atoms with Crippen LogP contribution in [0.5, 0.6) is 0 Å². The molecule has 0 radical (unpaired) electrons. The Kier molecular flexibility index (Phi) is 5.52. The van der Waals surface area contributed by atoms with Crippen LogP contribution in [0.4, 0.5) is 0 Å². The van der Waals surface area contributed by atoms with Gasteiger partial charge in [0.15, 0.2) is 0 Å². The van der Waals surface area contributed by atoms with Crippen LogP contribution in [0, 0.1) is 0 Å². The molecular formula is C13H19NO. The fourth-order valence-corrected chi connectivity index (χ4v) is 1.28. The summed E-state index contributed by atoms with van der Waals surface area (Å²) in [5.41, 5.74) is 2.17. The normalized spacial score (nSPS) is 11.5. The molecule has 0 aliphatic heterocycles. The molecule has 1 aromatic rings. The van der Waals surface area contributed by atoms with E-state index < -0.39 is 0 Å². The van der Waals surface area contributed by atoms with Crippen LogP contribution in [0.2, 0.25) is 0 Å². The van der Waals surface area contributed by atoms with Gasteiger partial charge < -0.3 is 4.84 Å². The van der Waals surface area contributed by atoms with Gasteiger partial charge in [0.25, 0.3) is 0 Å². The number of nitrogens with zero attached hydrogens (tertiary/aromatic N) is 1. The van der Waals surface area contributed by atoms with Crippen LogP contribution in [0.15, 0.2) is 35.5 Å². The molecule has 0 amide bonds. The van der Waals surface area contributed by atoms with E-state index in [9.17, 15) is 0 Å². The highest BCUT2D eigenvalue weighted by molar-refractivity contribution is 5.99. The average molecular weight is 205 g/mol. The minimum atomic E-state index is 0.715. The quantitative estimate of drug-likeness (QED) is 0.395.